The van der Waals surface area contributed by atoms with Crippen molar-refractivity contribution in [3.8, 4) is 0 Å². The van der Waals surface area contributed by atoms with E-state index in [0.29, 0.717) is 5.82 Å². The van der Waals surface area contributed by atoms with Gasteiger partial charge in [0.05, 0.1) is 5.69 Å². The van der Waals surface area contributed by atoms with Crippen molar-refractivity contribution >= 4 is 23.2 Å². The fourth-order valence-electron chi connectivity index (χ4n) is 3.61. The largest absolute Gasteiger partial charge is 0.325 e. The SMILES string of the molecule is CC(=O)Nc1cc2c(cn1)C1(CC1)CN2c1cc(C)nc(C(C)(C)C)n1. The van der Waals surface area contributed by atoms with Crippen LogP contribution in [0, 0.1) is 6.92 Å². The van der Waals surface area contributed by atoms with E-state index in [1.807, 2.05) is 25.3 Å². The molecule has 136 valence electrons. The van der Waals surface area contributed by atoms with E-state index in [4.69, 9.17) is 4.98 Å². The number of hydrogen-bond donors (Lipinski definition) is 1. The average Bonchev–Trinajstić information content (AvgIpc) is 3.23. The van der Waals surface area contributed by atoms with Crippen LogP contribution in [0.3, 0.4) is 0 Å². The van der Waals surface area contributed by atoms with Crippen molar-refractivity contribution in [1.29, 1.82) is 0 Å². The minimum absolute atomic E-state index is 0.111. The van der Waals surface area contributed by atoms with Crippen molar-refractivity contribution in [1.82, 2.24) is 15.0 Å². The minimum atomic E-state index is -0.115. The summed E-state index contributed by atoms with van der Waals surface area (Å²) in [7, 11) is 0. The molecule has 1 amide bonds. The summed E-state index contributed by atoms with van der Waals surface area (Å²) in [6.45, 7) is 10.8. The molecule has 0 aromatic carbocycles. The van der Waals surface area contributed by atoms with Gasteiger partial charge in [0.2, 0.25) is 5.91 Å². The van der Waals surface area contributed by atoms with Crippen LogP contribution in [-0.2, 0) is 15.6 Å². The maximum absolute atomic E-state index is 11.4. The smallest absolute Gasteiger partial charge is 0.222 e. The zero-order chi connectivity index (χ0) is 18.7. The summed E-state index contributed by atoms with van der Waals surface area (Å²) in [5.41, 5.74) is 3.41. The van der Waals surface area contributed by atoms with E-state index in [-0.39, 0.29) is 16.7 Å². The summed E-state index contributed by atoms with van der Waals surface area (Å²) < 4.78 is 0. The number of nitrogens with zero attached hydrogens (tertiary/aromatic N) is 4. The maximum Gasteiger partial charge on any atom is 0.222 e. The molecule has 6 nitrogen and oxygen atoms in total. The second-order valence-corrected chi connectivity index (χ2v) is 8.58. The van der Waals surface area contributed by atoms with Gasteiger partial charge in [-0.15, -0.1) is 0 Å². The van der Waals surface area contributed by atoms with Crippen LogP contribution in [0.2, 0.25) is 0 Å². The van der Waals surface area contributed by atoms with Crippen molar-refractivity contribution in [2.75, 3.05) is 16.8 Å². The number of anilines is 3. The molecule has 4 rings (SSSR count). The first-order chi connectivity index (χ1) is 12.2. The number of amides is 1. The van der Waals surface area contributed by atoms with Crippen LogP contribution in [0.1, 0.15) is 57.6 Å². The molecule has 1 saturated carbocycles. The molecule has 0 radical (unpaired) electrons. The van der Waals surface area contributed by atoms with Gasteiger partial charge in [-0.3, -0.25) is 4.79 Å². The highest BCUT2D eigenvalue weighted by Gasteiger charge is 2.52. The number of aromatic nitrogens is 3. The predicted molar refractivity (Wildman–Crippen MR) is 102 cm³/mol. The molecule has 2 aromatic heterocycles. The quantitative estimate of drug-likeness (QED) is 0.895. The molecule has 1 spiro atoms. The molecule has 1 aliphatic heterocycles. The maximum atomic E-state index is 11.4. The average molecular weight is 351 g/mol. The third kappa shape index (κ3) is 2.83. The van der Waals surface area contributed by atoms with E-state index >= 15 is 0 Å². The van der Waals surface area contributed by atoms with Crippen LogP contribution in [0.15, 0.2) is 18.3 Å². The van der Waals surface area contributed by atoms with Gasteiger partial charge in [0.1, 0.15) is 17.5 Å². The number of fused-ring (bicyclic) bond motifs is 2. The molecule has 26 heavy (non-hydrogen) atoms. The standard InChI is InChI=1S/C20H25N5O/c1-12-8-17(24-18(22-12)19(3,4)5)25-11-20(6-7-20)14-10-21-16(9-15(14)25)23-13(2)26/h8-10H,6-7,11H2,1-5H3,(H,21,23,26). The number of carbonyl (C=O) groups excluding carboxylic acids is 1. The van der Waals surface area contributed by atoms with Crippen molar-refractivity contribution in [2.45, 2.75) is 58.3 Å². The Labute approximate surface area is 154 Å². The lowest BCUT2D eigenvalue weighted by atomic mass is 9.95. The van der Waals surface area contributed by atoms with Crippen molar-refractivity contribution in [2.24, 2.45) is 0 Å². The Morgan fingerprint density at radius 1 is 1.23 bits per heavy atom. The molecule has 1 N–H and O–H groups in total. The monoisotopic (exact) mass is 351 g/mol. The van der Waals surface area contributed by atoms with E-state index in [0.717, 1.165) is 29.6 Å². The number of carbonyl (C=O) groups is 1. The molecule has 0 saturated heterocycles. The van der Waals surface area contributed by atoms with E-state index in [1.54, 1.807) is 0 Å². The number of nitrogens with one attached hydrogen (secondary N) is 1. The minimum Gasteiger partial charge on any atom is -0.325 e. The van der Waals surface area contributed by atoms with Crippen LogP contribution in [0.5, 0.6) is 0 Å². The normalized spacial score (nSPS) is 17.3. The first-order valence-corrected chi connectivity index (χ1v) is 9.10. The Morgan fingerprint density at radius 2 is 1.96 bits per heavy atom. The number of rotatable bonds is 2. The first-order valence-electron chi connectivity index (χ1n) is 9.10. The van der Waals surface area contributed by atoms with E-state index < -0.39 is 0 Å². The lowest BCUT2D eigenvalue weighted by Gasteiger charge is -2.23. The Hall–Kier alpha value is -2.50. The van der Waals surface area contributed by atoms with Gasteiger partial charge in [0.25, 0.3) is 0 Å². The van der Waals surface area contributed by atoms with Crippen LogP contribution in [0.25, 0.3) is 0 Å². The van der Waals surface area contributed by atoms with Gasteiger partial charge in [-0.1, -0.05) is 20.8 Å². The van der Waals surface area contributed by atoms with E-state index in [1.165, 1.54) is 25.3 Å². The third-order valence-electron chi connectivity index (χ3n) is 5.15. The molecule has 2 aliphatic rings. The Balaban J connectivity index is 1.80. The fourth-order valence-corrected chi connectivity index (χ4v) is 3.61. The van der Waals surface area contributed by atoms with Gasteiger partial charge in [-0.05, 0) is 19.8 Å². The molecule has 6 heteroatoms. The van der Waals surface area contributed by atoms with Crippen molar-refractivity contribution in [3.05, 3.63) is 35.4 Å². The van der Waals surface area contributed by atoms with E-state index in [9.17, 15) is 4.79 Å². The number of aryl methyl sites for hydroxylation is 1. The second-order valence-electron chi connectivity index (χ2n) is 8.58. The Kier molecular flexibility index (Phi) is 3.58. The molecular weight excluding hydrogens is 326 g/mol. The molecule has 2 aromatic rings. The summed E-state index contributed by atoms with van der Waals surface area (Å²) in [4.78, 5) is 27.6. The molecule has 1 aliphatic carbocycles. The zero-order valence-electron chi connectivity index (χ0n) is 16.1. The van der Waals surface area contributed by atoms with Crippen LogP contribution >= 0.6 is 0 Å². The zero-order valence-corrected chi connectivity index (χ0v) is 16.1. The van der Waals surface area contributed by atoms with Gasteiger partial charge in [-0.2, -0.15) is 0 Å². The van der Waals surface area contributed by atoms with Gasteiger partial charge >= 0.3 is 0 Å². The summed E-state index contributed by atoms with van der Waals surface area (Å²) >= 11 is 0. The lowest BCUT2D eigenvalue weighted by molar-refractivity contribution is -0.114. The van der Waals surface area contributed by atoms with Gasteiger partial charge in [0, 0.05) is 53.9 Å². The first kappa shape index (κ1) is 16.9. The summed E-state index contributed by atoms with van der Waals surface area (Å²) in [5, 5.41) is 2.79. The highest BCUT2D eigenvalue weighted by molar-refractivity contribution is 5.89. The predicted octanol–water partition coefficient (Wildman–Crippen LogP) is 3.62. The topological polar surface area (TPSA) is 71.0 Å². The fraction of sp³-hybridized carbons (Fsp3) is 0.500. The van der Waals surface area contributed by atoms with Crippen LogP contribution < -0.4 is 10.2 Å². The third-order valence-corrected chi connectivity index (χ3v) is 5.15. The Morgan fingerprint density at radius 3 is 2.58 bits per heavy atom. The van der Waals surface area contributed by atoms with Crippen molar-refractivity contribution in [3.63, 3.8) is 0 Å². The van der Waals surface area contributed by atoms with E-state index in [2.05, 4.69) is 41.0 Å². The summed E-state index contributed by atoms with van der Waals surface area (Å²) in [6.07, 6.45) is 4.27. The molecule has 0 atom stereocenters. The van der Waals surface area contributed by atoms with Gasteiger partial charge < -0.3 is 10.2 Å². The summed E-state index contributed by atoms with van der Waals surface area (Å²) in [5.74, 6) is 2.24. The number of hydrogen-bond acceptors (Lipinski definition) is 5. The highest BCUT2D eigenvalue weighted by Crippen LogP contribution is 2.58. The van der Waals surface area contributed by atoms with Gasteiger partial charge in [-0.25, -0.2) is 15.0 Å². The number of pyridine rings is 1. The van der Waals surface area contributed by atoms with Crippen LogP contribution in [-0.4, -0.2) is 27.4 Å². The van der Waals surface area contributed by atoms with Crippen LogP contribution in [0.4, 0.5) is 17.3 Å². The second kappa shape index (κ2) is 5.50. The van der Waals surface area contributed by atoms with Crippen molar-refractivity contribution < 1.29 is 4.79 Å². The van der Waals surface area contributed by atoms with Gasteiger partial charge in [0.15, 0.2) is 0 Å². The Bertz CT molecular complexity index is 896. The lowest BCUT2D eigenvalue weighted by Crippen LogP contribution is -2.23. The highest BCUT2D eigenvalue weighted by atomic mass is 16.1. The molecule has 0 unspecified atom stereocenters. The summed E-state index contributed by atoms with van der Waals surface area (Å²) in [6, 6.07) is 4.01. The molecule has 0 bridgehead atoms. The molecule has 1 fully saturated rings. The molecular formula is C20H25N5O. The molecule has 3 heterocycles.